The number of hydrogen-bond donors (Lipinski definition) is 0. The lowest BCUT2D eigenvalue weighted by molar-refractivity contribution is 0.255. The van der Waals surface area contributed by atoms with E-state index in [-0.39, 0.29) is 6.04 Å². The highest BCUT2D eigenvalue weighted by atomic mass is 32.2. The fraction of sp³-hybridized carbons (Fsp3) is 0.389. The second kappa shape index (κ2) is 7.25. The number of aryl methyl sites for hydroxylation is 1. The molecule has 0 aliphatic carbocycles. The van der Waals surface area contributed by atoms with Gasteiger partial charge in [0, 0.05) is 12.7 Å². The Bertz CT molecular complexity index is 787. The van der Waals surface area contributed by atoms with E-state index >= 15 is 0 Å². The lowest BCUT2D eigenvalue weighted by Crippen LogP contribution is -2.38. The molecular weight excluding hydrogens is 340 g/mol. The molecule has 0 N–H and O–H groups in total. The highest BCUT2D eigenvalue weighted by Gasteiger charge is 2.34. The van der Waals surface area contributed by atoms with Gasteiger partial charge in [-0.25, -0.2) is 13.4 Å². The van der Waals surface area contributed by atoms with E-state index < -0.39 is 10.0 Å². The number of pyridine rings is 1. The van der Waals surface area contributed by atoms with Gasteiger partial charge in [0.25, 0.3) is 0 Å². The Labute approximate surface area is 148 Å². The van der Waals surface area contributed by atoms with Gasteiger partial charge in [-0.15, -0.1) is 11.8 Å². The van der Waals surface area contributed by atoms with Gasteiger partial charge in [0.2, 0.25) is 10.0 Å². The first-order valence-electron chi connectivity index (χ1n) is 8.11. The summed E-state index contributed by atoms with van der Waals surface area (Å²) in [5.74, 6) is 0. The zero-order chi connectivity index (χ0) is 17.2. The molecule has 1 aliphatic rings. The molecule has 1 aromatic heterocycles. The first-order valence-corrected chi connectivity index (χ1v) is 10.8. The summed E-state index contributed by atoms with van der Waals surface area (Å²) in [6.45, 7) is 2.52. The van der Waals surface area contributed by atoms with Crippen molar-refractivity contribution in [2.45, 2.75) is 42.1 Å². The zero-order valence-corrected chi connectivity index (χ0v) is 15.6. The maximum atomic E-state index is 13.1. The van der Waals surface area contributed by atoms with Crippen LogP contribution in [0.25, 0.3) is 0 Å². The van der Waals surface area contributed by atoms with E-state index in [9.17, 15) is 8.42 Å². The molecule has 3 rings (SSSR count). The van der Waals surface area contributed by atoms with Gasteiger partial charge in [-0.2, -0.15) is 4.31 Å². The molecule has 1 aliphatic heterocycles. The summed E-state index contributed by atoms with van der Waals surface area (Å²) in [6.07, 6.45) is 6.58. The molecule has 1 fully saturated rings. The van der Waals surface area contributed by atoms with Crippen LogP contribution in [-0.4, -0.2) is 30.5 Å². The minimum absolute atomic E-state index is 0.131. The Morgan fingerprint density at radius 3 is 2.50 bits per heavy atom. The number of benzene rings is 1. The van der Waals surface area contributed by atoms with Crippen molar-refractivity contribution in [1.82, 2.24) is 9.29 Å². The Morgan fingerprint density at radius 2 is 1.88 bits per heavy atom. The number of nitrogens with zero attached hydrogens (tertiary/aromatic N) is 2. The van der Waals surface area contributed by atoms with Gasteiger partial charge >= 0.3 is 0 Å². The first kappa shape index (κ1) is 17.5. The Morgan fingerprint density at radius 1 is 1.12 bits per heavy atom. The van der Waals surface area contributed by atoms with Crippen LogP contribution in [0.2, 0.25) is 0 Å². The van der Waals surface area contributed by atoms with Crippen LogP contribution < -0.4 is 0 Å². The lowest BCUT2D eigenvalue weighted by atomic mass is 9.99. The van der Waals surface area contributed by atoms with Crippen molar-refractivity contribution in [3.63, 3.8) is 0 Å². The molecule has 1 saturated heterocycles. The molecule has 1 atom stereocenters. The van der Waals surface area contributed by atoms with Crippen molar-refractivity contribution >= 4 is 21.8 Å². The standard InChI is InChI=1S/C18H22N2O2S2/c1-14-6-9-16(10-7-14)24(21,22)20-12-4-3-5-17(20)15-8-11-18(23-2)19-13-15/h6-11,13,17H,3-5,12H2,1-2H3. The van der Waals surface area contributed by atoms with Crippen LogP contribution in [0.4, 0.5) is 0 Å². The largest absolute Gasteiger partial charge is 0.250 e. The highest BCUT2D eigenvalue weighted by molar-refractivity contribution is 7.98. The van der Waals surface area contributed by atoms with Crippen molar-refractivity contribution in [3.8, 4) is 0 Å². The second-order valence-electron chi connectivity index (χ2n) is 6.07. The predicted molar refractivity (Wildman–Crippen MR) is 97.7 cm³/mol. The molecule has 0 amide bonds. The third-order valence-corrected chi connectivity index (χ3v) is 7.02. The fourth-order valence-electron chi connectivity index (χ4n) is 3.08. The van der Waals surface area contributed by atoms with Gasteiger partial charge in [-0.1, -0.05) is 30.2 Å². The summed E-state index contributed by atoms with van der Waals surface area (Å²) < 4.78 is 27.9. The fourth-order valence-corrected chi connectivity index (χ4v) is 5.13. The maximum Gasteiger partial charge on any atom is 0.243 e. The molecule has 128 valence electrons. The van der Waals surface area contributed by atoms with E-state index in [1.54, 1.807) is 28.2 Å². The van der Waals surface area contributed by atoms with Crippen LogP contribution in [0.3, 0.4) is 0 Å². The molecule has 0 radical (unpaired) electrons. The van der Waals surface area contributed by atoms with Crippen LogP contribution in [0, 0.1) is 6.92 Å². The number of thioether (sulfide) groups is 1. The lowest BCUT2D eigenvalue weighted by Gasteiger charge is -2.34. The third kappa shape index (κ3) is 3.50. The molecule has 24 heavy (non-hydrogen) atoms. The third-order valence-electron chi connectivity index (χ3n) is 4.43. The molecular formula is C18H22N2O2S2. The molecule has 6 heteroatoms. The quantitative estimate of drug-likeness (QED) is 0.771. The maximum absolute atomic E-state index is 13.1. The summed E-state index contributed by atoms with van der Waals surface area (Å²) >= 11 is 1.59. The summed E-state index contributed by atoms with van der Waals surface area (Å²) in [5, 5.41) is 0.947. The molecule has 1 unspecified atom stereocenters. The summed E-state index contributed by atoms with van der Waals surface area (Å²) in [6, 6.07) is 10.9. The van der Waals surface area contributed by atoms with Gasteiger partial charge in [0.15, 0.2) is 0 Å². The Kier molecular flexibility index (Phi) is 5.27. The molecule has 2 heterocycles. The molecule has 0 saturated carbocycles. The average Bonchev–Trinajstić information content (AvgIpc) is 2.62. The van der Waals surface area contributed by atoms with E-state index in [4.69, 9.17) is 0 Å². The topological polar surface area (TPSA) is 50.3 Å². The van der Waals surface area contributed by atoms with E-state index in [0.29, 0.717) is 11.4 Å². The van der Waals surface area contributed by atoms with Gasteiger partial charge in [0.05, 0.1) is 16.0 Å². The van der Waals surface area contributed by atoms with E-state index in [1.807, 2.05) is 43.6 Å². The van der Waals surface area contributed by atoms with Crippen LogP contribution >= 0.6 is 11.8 Å². The van der Waals surface area contributed by atoms with Crippen molar-refractivity contribution in [3.05, 3.63) is 53.7 Å². The predicted octanol–water partition coefficient (Wildman–Crippen LogP) is 4.03. The van der Waals surface area contributed by atoms with Gasteiger partial charge in [-0.3, -0.25) is 0 Å². The normalized spacial score (nSPS) is 19.3. The summed E-state index contributed by atoms with van der Waals surface area (Å²) in [7, 11) is -3.49. The molecule has 4 nitrogen and oxygen atoms in total. The molecule has 0 spiro atoms. The van der Waals surface area contributed by atoms with Crippen molar-refractivity contribution in [2.75, 3.05) is 12.8 Å². The van der Waals surface area contributed by atoms with Crippen LogP contribution in [0.15, 0.2) is 52.5 Å². The van der Waals surface area contributed by atoms with E-state index in [1.165, 1.54) is 0 Å². The smallest absolute Gasteiger partial charge is 0.243 e. The van der Waals surface area contributed by atoms with Crippen molar-refractivity contribution < 1.29 is 8.42 Å². The minimum atomic E-state index is -3.49. The Balaban J connectivity index is 1.95. The second-order valence-corrected chi connectivity index (χ2v) is 8.79. The number of hydrogen-bond acceptors (Lipinski definition) is 4. The van der Waals surface area contributed by atoms with Gasteiger partial charge in [0.1, 0.15) is 0 Å². The van der Waals surface area contributed by atoms with E-state index in [0.717, 1.165) is 35.4 Å². The molecule has 1 aromatic carbocycles. The zero-order valence-electron chi connectivity index (χ0n) is 14.0. The van der Waals surface area contributed by atoms with Gasteiger partial charge < -0.3 is 0 Å². The molecule has 0 bridgehead atoms. The number of sulfonamides is 1. The molecule has 2 aromatic rings. The highest BCUT2D eigenvalue weighted by Crippen LogP contribution is 2.35. The average molecular weight is 363 g/mol. The van der Waals surface area contributed by atoms with Crippen molar-refractivity contribution in [1.29, 1.82) is 0 Å². The van der Waals surface area contributed by atoms with Crippen LogP contribution in [0.5, 0.6) is 0 Å². The van der Waals surface area contributed by atoms with Crippen LogP contribution in [0.1, 0.15) is 36.4 Å². The van der Waals surface area contributed by atoms with Crippen molar-refractivity contribution in [2.24, 2.45) is 0 Å². The first-order chi connectivity index (χ1) is 11.5. The van der Waals surface area contributed by atoms with Crippen LogP contribution in [-0.2, 0) is 10.0 Å². The number of rotatable bonds is 4. The van der Waals surface area contributed by atoms with E-state index in [2.05, 4.69) is 4.98 Å². The summed E-state index contributed by atoms with van der Waals surface area (Å²) in [4.78, 5) is 4.78. The number of aromatic nitrogens is 1. The monoisotopic (exact) mass is 362 g/mol. The Hall–Kier alpha value is -1.37. The SMILES string of the molecule is CSc1ccc(C2CCCCN2S(=O)(=O)c2ccc(C)cc2)cn1. The van der Waals surface area contributed by atoms with Gasteiger partial charge in [-0.05, 0) is 49.8 Å². The summed E-state index contributed by atoms with van der Waals surface area (Å²) in [5.41, 5.74) is 2.03. The number of piperidine rings is 1. The minimum Gasteiger partial charge on any atom is -0.250 e.